The SMILES string of the molecule is Cc1cc(C)cc(C(=O)Nc2ccc(OCCO)cc2)c1. The first-order chi connectivity index (χ1) is 10.1. The number of anilines is 1. The van der Waals surface area contributed by atoms with Crippen molar-refractivity contribution in [3.63, 3.8) is 0 Å². The summed E-state index contributed by atoms with van der Waals surface area (Å²) in [5.74, 6) is 0.527. The average Bonchev–Trinajstić information content (AvgIpc) is 2.45. The molecule has 4 nitrogen and oxygen atoms in total. The van der Waals surface area contributed by atoms with Crippen LogP contribution in [0.25, 0.3) is 0 Å². The molecule has 0 aliphatic rings. The van der Waals surface area contributed by atoms with Crippen LogP contribution in [0.2, 0.25) is 0 Å². The number of carbonyl (C=O) groups is 1. The van der Waals surface area contributed by atoms with E-state index in [0.29, 0.717) is 17.0 Å². The molecule has 1 amide bonds. The molecule has 0 bridgehead atoms. The van der Waals surface area contributed by atoms with Crippen LogP contribution >= 0.6 is 0 Å². The first kappa shape index (κ1) is 15.1. The third-order valence-corrected chi connectivity index (χ3v) is 2.96. The third kappa shape index (κ3) is 4.33. The Kier molecular flexibility index (Phi) is 4.95. The van der Waals surface area contributed by atoms with Crippen LogP contribution in [0.15, 0.2) is 42.5 Å². The van der Waals surface area contributed by atoms with Gasteiger partial charge in [-0.05, 0) is 50.2 Å². The first-order valence-corrected chi connectivity index (χ1v) is 6.82. The molecule has 0 saturated heterocycles. The molecule has 0 spiro atoms. The lowest BCUT2D eigenvalue weighted by atomic mass is 10.1. The van der Waals surface area contributed by atoms with Gasteiger partial charge in [-0.2, -0.15) is 0 Å². The highest BCUT2D eigenvalue weighted by Crippen LogP contribution is 2.17. The van der Waals surface area contributed by atoms with E-state index in [9.17, 15) is 4.79 Å². The number of nitrogens with one attached hydrogen (secondary N) is 1. The molecular formula is C17H19NO3. The maximum absolute atomic E-state index is 12.2. The molecule has 2 aromatic carbocycles. The summed E-state index contributed by atoms with van der Waals surface area (Å²) in [7, 11) is 0. The van der Waals surface area contributed by atoms with Gasteiger partial charge in [0.05, 0.1) is 6.61 Å². The Balaban J connectivity index is 2.05. The van der Waals surface area contributed by atoms with Crippen LogP contribution in [-0.2, 0) is 0 Å². The van der Waals surface area contributed by atoms with Crippen LogP contribution in [0.1, 0.15) is 21.5 Å². The topological polar surface area (TPSA) is 58.6 Å². The van der Waals surface area contributed by atoms with E-state index in [1.54, 1.807) is 24.3 Å². The highest BCUT2D eigenvalue weighted by Gasteiger charge is 2.07. The van der Waals surface area contributed by atoms with Crippen molar-refractivity contribution in [2.75, 3.05) is 18.5 Å². The van der Waals surface area contributed by atoms with Crippen LogP contribution < -0.4 is 10.1 Å². The summed E-state index contributed by atoms with van der Waals surface area (Å²) in [4.78, 5) is 12.2. The summed E-state index contributed by atoms with van der Waals surface area (Å²) >= 11 is 0. The van der Waals surface area contributed by atoms with Gasteiger partial charge in [-0.1, -0.05) is 17.2 Å². The molecule has 4 heteroatoms. The Hall–Kier alpha value is -2.33. The molecular weight excluding hydrogens is 266 g/mol. The number of aryl methyl sites for hydroxylation is 2. The molecule has 21 heavy (non-hydrogen) atoms. The highest BCUT2D eigenvalue weighted by molar-refractivity contribution is 6.04. The van der Waals surface area contributed by atoms with E-state index in [2.05, 4.69) is 5.32 Å². The number of benzene rings is 2. The van der Waals surface area contributed by atoms with Gasteiger partial charge < -0.3 is 15.2 Å². The molecule has 2 N–H and O–H groups in total. The van der Waals surface area contributed by atoms with E-state index in [-0.39, 0.29) is 19.1 Å². The Labute approximate surface area is 124 Å². The fourth-order valence-electron chi connectivity index (χ4n) is 2.11. The summed E-state index contributed by atoms with van der Waals surface area (Å²) in [6.07, 6.45) is 0. The van der Waals surface area contributed by atoms with E-state index in [1.807, 2.05) is 32.0 Å². The molecule has 0 fully saturated rings. The number of aliphatic hydroxyl groups excluding tert-OH is 1. The number of aliphatic hydroxyl groups is 1. The Bertz CT molecular complexity index is 600. The zero-order valence-electron chi connectivity index (χ0n) is 12.2. The molecule has 0 aromatic heterocycles. The van der Waals surface area contributed by atoms with E-state index >= 15 is 0 Å². The third-order valence-electron chi connectivity index (χ3n) is 2.96. The second kappa shape index (κ2) is 6.90. The molecule has 0 aliphatic carbocycles. The van der Waals surface area contributed by atoms with Gasteiger partial charge in [-0.25, -0.2) is 0 Å². The smallest absolute Gasteiger partial charge is 0.255 e. The lowest BCUT2D eigenvalue weighted by molar-refractivity contribution is 0.102. The number of rotatable bonds is 5. The molecule has 0 unspecified atom stereocenters. The first-order valence-electron chi connectivity index (χ1n) is 6.82. The Morgan fingerprint density at radius 2 is 1.71 bits per heavy atom. The summed E-state index contributed by atoms with van der Waals surface area (Å²) in [6.45, 7) is 4.17. The zero-order chi connectivity index (χ0) is 15.2. The van der Waals surface area contributed by atoms with Crippen molar-refractivity contribution in [3.8, 4) is 5.75 Å². The zero-order valence-corrected chi connectivity index (χ0v) is 12.2. The van der Waals surface area contributed by atoms with Gasteiger partial charge in [0.2, 0.25) is 0 Å². The summed E-state index contributed by atoms with van der Waals surface area (Å²) < 4.78 is 5.27. The molecule has 110 valence electrons. The molecule has 0 atom stereocenters. The fourth-order valence-corrected chi connectivity index (χ4v) is 2.11. The molecule has 0 saturated carbocycles. The van der Waals surface area contributed by atoms with Gasteiger partial charge in [0.1, 0.15) is 12.4 Å². The fraction of sp³-hybridized carbons (Fsp3) is 0.235. The van der Waals surface area contributed by atoms with E-state index in [1.165, 1.54) is 0 Å². The summed E-state index contributed by atoms with van der Waals surface area (Å²) in [6, 6.07) is 12.8. The molecule has 0 heterocycles. The number of amides is 1. The van der Waals surface area contributed by atoms with Crippen molar-refractivity contribution in [2.45, 2.75) is 13.8 Å². The number of hydrogen-bond donors (Lipinski definition) is 2. The highest BCUT2D eigenvalue weighted by atomic mass is 16.5. The maximum atomic E-state index is 12.2. The van der Waals surface area contributed by atoms with Crippen LogP contribution in [0.5, 0.6) is 5.75 Å². The minimum Gasteiger partial charge on any atom is -0.491 e. The number of ether oxygens (including phenoxy) is 1. The van der Waals surface area contributed by atoms with Gasteiger partial charge >= 0.3 is 0 Å². The van der Waals surface area contributed by atoms with E-state index in [0.717, 1.165) is 11.1 Å². The van der Waals surface area contributed by atoms with Crippen LogP contribution in [0, 0.1) is 13.8 Å². The molecule has 2 rings (SSSR count). The van der Waals surface area contributed by atoms with Gasteiger partial charge in [-0.3, -0.25) is 4.79 Å². The number of carbonyl (C=O) groups excluding carboxylic acids is 1. The average molecular weight is 285 g/mol. The van der Waals surface area contributed by atoms with Crippen LogP contribution in [-0.4, -0.2) is 24.2 Å². The predicted molar refractivity (Wildman–Crippen MR) is 82.9 cm³/mol. The van der Waals surface area contributed by atoms with Crippen molar-refractivity contribution in [1.29, 1.82) is 0 Å². The van der Waals surface area contributed by atoms with E-state index in [4.69, 9.17) is 9.84 Å². The van der Waals surface area contributed by atoms with Crippen LogP contribution in [0.4, 0.5) is 5.69 Å². The van der Waals surface area contributed by atoms with Crippen molar-refractivity contribution >= 4 is 11.6 Å². The van der Waals surface area contributed by atoms with Crippen molar-refractivity contribution in [2.24, 2.45) is 0 Å². The van der Waals surface area contributed by atoms with Gasteiger partial charge in [0, 0.05) is 11.3 Å². The largest absolute Gasteiger partial charge is 0.491 e. The second-order valence-electron chi connectivity index (χ2n) is 4.93. The minimum absolute atomic E-state index is 0.0226. The van der Waals surface area contributed by atoms with E-state index < -0.39 is 0 Å². The standard InChI is InChI=1S/C17H19NO3/c1-12-9-13(2)11-14(10-12)17(20)18-15-3-5-16(6-4-15)21-8-7-19/h3-6,9-11,19H,7-8H2,1-2H3,(H,18,20). The number of hydrogen-bond acceptors (Lipinski definition) is 3. The Morgan fingerprint density at radius 3 is 2.29 bits per heavy atom. The summed E-state index contributed by atoms with van der Waals surface area (Å²) in [5, 5.41) is 11.5. The predicted octanol–water partition coefficient (Wildman–Crippen LogP) is 2.93. The Morgan fingerprint density at radius 1 is 1.10 bits per heavy atom. The van der Waals surface area contributed by atoms with Crippen molar-refractivity contribution < 1.29 is 14.6 Å². The summed E-state index contributed by atoms with van der Waals surface area (Å²) in [5.41, 5.74) is 3.48. The van der Waals surface area contributed by atoms with Gasteiger partial charge in [0.15, 0.2) is 0 Å². The van der Waals surface area contributed by atoms with Crippen molar-refractivity contribution in [1.82, 2.24) is 0 Å². The molecule has 0 aliphatic heterocycles. The lowest BCUT2D eigenvalue weighted by Gasteiger charge is -2.08. The second-order valence-corrected chi connectivity index (χ2v) is 4.93. The molecule has 2 aromatic rings. The normalized spacial score (nSPS) is 10.2. The maximum Gasteiger partial charge on any atom is 0.255 e. The lowest BCUT2D eigenvalue weighted by Crippen LogP contribution is -2.12. The van der Waals surface area contributed by atoms with Crippen LogP contribution in [0.3, 0.4) is 0 Å². The van der Waals surface area contributed by atoms with Gasteiger partial charge in [-0.15, -0.1) is 0 Å². The van der Waals surface area contributed by atoms with Gasteiger partial charge in [0.25, 0.3) is 5.91 Å². The molecule has 0 radical (unpaired) electrons. The monoisotopic (exact) mass is 285 g/mol. The van der Waals surface area contributed by atoms with Crippen molar-refractivity contribution in [3.05, 3.63) is 59.2 Å². The minimum atomic E-state index is -0.133. The quantitative estimate of drug-likeness (QED) is 0.888.